The Kier molecular flexibility index (Phi) is 6.30. The van der Waals surface area contributed by atoms with Crippen LogP contribution in [-0.2, 0) is 0 Å². The molecule has 0 atom stereocenters. The van der Waals surface area contributed by atoms with Crippen molar-refractivity contribution in [2.75, 3.05) is 13.1 Å². The first-order chi connectivity index (χ1) is 16.5. The average molecular weight is 538 g/mol. The summed E-state index contributed by atoms with van der Waals surface area (Å²) in [7, 11) is 0. The van der Waals surface area contributed by atoms with Gasteiger partial charge in [0.05, 0.1) is 21.2 Å². The van der Waals surface area contributed by atoms with E-state index in [2.05, 4.69) is 27.4 Å². The molecule has 2 aromatic heterocycles. The summed E-state index contributed by atoms with van der Waals surface area (Å²) >= 11 is 5.17. The molecule has 0 aliphatic carbocycles. The number of likely N-dealkylation sites (tertiary alicyclic amines) is 1. The summed E-state index contributed by atoms with van der Waals surface area (Å²) in [6.45, 7) is 1.22. The zero-order valence-electron chi connectivity index (χ0n) is 18.0. The molecule has 1 fully saturated rings. The van der Waals surface area contributed by atoms with Crippen molar-refractivity contribution in [2.24, 2.45) is 0 Å². The van der Waals surface area contributed by atoms with Crippen LogP contribution in [0.3, 0.4) is 0 Å². The van der Waals surface area contributed by atoms with E-state index >= 15 is 0 Å². The summed E-state index contributed by atoms with van der Waals surface area (Å²) < 4.78 is 6.76. The number of rotatable bonds is 5. The molecule has 0 saturated carbocycles. The van der Waals surface area contributed by atoms with Gasteiger partial charge < -0.3 is 9.32 Å². The zero-order valence-corrected chi connectivity index (χ0v) is 20.4. The molecule has 1 aliphatic heterocycles. The highest BCUT2D eigenvalue weighted by atomic mass is 79.9. The number of piperidine rings is 1. The van der Waals surface area contributed by atoms with Gasteiger partial charge in [0.15, 0.2) is 5.76 Å². The maximum atomic E-state index is 13.0. The van der Waals surface area contributed by atoms with Gasteiger partial charge in [0.1, 0.15) is 5.76 Å². The molecule has 7 nitrogen and oxygen atoms in total. The van der Waals surface area contributed by atoms with Crippen molar-refractivity contribution in [3.63, 3.8) is 0 Å². The molecule has 0 radical (unpaired) electrons. The number of amides is 1. The fourth-order valence-electron chi connectivity index (χ4n) is 4.18. The number of thiazole rings is 1. The lowest BCUT2D eigenvalue weighted by Gasteiger charge is -2.30. The van der Waals surface area contributed by atoms with E-state index in [0.717, 1.165) is 33.6 Å². The van der Waals surface area contributed by atoms with Crippen LogP contribution in [0.25, 0.3) is 22.6 Å². The molecule has 1 amide bonds. The summed E-state index contributed by atoms with van der Waals surface area (Å²) in [6.07, 6.45) is 1.66. The van der Waals surface area contributed by atoms with Gasteiger partial charge in [-0.15, -0.1) is 11.3 Å². The number of nitrogens with zero attached hydrogens (tertiary/aromatic N) is 3. The number of nitro benzene ring substituents is 1. The van der Waals surface area contributed by atoms with Crippen molar-refractivity contribution in [3.8, 4) is 22.6 Å². The largest absolute Gasteiger partial charge is 0.451 e. The van der Waals surface area contributed by atoms with Crippen molar-refractivity contribution in [1.82, 2.24) is 9.88 Å². The number of benzene rings is 2. The maximum Gasteiger partial charge on any atom is 0.289 e. The van der Waals surface area contributed by atoms with E-state index in [1.807, 2.05) is 18.2 Å². The number of halogens is 1. The molecule has 0 bridgehead atoms. The second kappa shape index (κ2) is 9.52. The van der Waals surface area contributed by atoms with Crippen LogP contribution < -0.4 is 0 Å². The molecular weight excluding hydrogens is 518 g/mol. The molecule has 0 unspecified atom stereocenters. The molecule has 9 heteroatoms. The van der Waals surface area contributed by atoms with Gasteiger partial charge in [0.2, 0.25) is 0 Å². The third-order valence-corrected chi connectivity index (χ3v) is 7.46. The molecule has 3 heterocycles. The van der Waals surface area contributed by atoms with Gasteiger partial charge >= 0.3 is 0 Å². The predicted octanol–water partition coefficient (Wildman–Crippen LogP) is 6.76. The van der Waals surface area contributed by atoms with E-state index in [9.17, 15) is 14.9 Å². The Morgan fingerprint density at radius 3 is 2.68 bits per heavy atom. The topological polar surface area (TPSA) is 89.5 Å². The maximum absolute atomic E-state index is 13.0. The lowest BCUT2D eigenvalue weighted by atomic mass is 9.97. The minimum atomic E-state index is -0.454. The van der Waals surface area contributed by atoms with E-state index in [1.54, 1.807) is 46.6 Å². The Morgan fingerprint density at radius 1 is 1.12 bits per heavy atom. The molecule has 1 aliphatic rings. The Balaban J connectivity index is 1.25. The van der Waals surface area contributed by atoms with Gasteiger partial charge in [-0.2, -0.15) is 0 Å². The number of hydrogen-bond acceptors (Lipinski definition) is 6. The molecule has 5 rings (SSSR count). The SMILES string of the molecule is O=C(c1ccc(-c2ccccc2[N+](=O)[O-])o1)N1CCC(c2nc(-c3cccc(Br)c3)cs2)CC1. The Bertz CT molecular complexity index is 1360. The lowest BCUT2D eigenvalue weighted by molar-refractivity contribution is -0.384. The Hall–Kier alpha value is -3.30. The molecular formula is C25H20BrN3O4S. The average Bonchev–Trinajstić information content (AvgIpc) is 3.54. The third kappa shape index (κ3) is 4.53. The van der Waals surface area contributed by atoms with Gasteiger partial charge in [0.25, 0.3) is 11.6 Å². The highest BCUT2D eigenvalue weighted by Gasteiger charge is 2.28. The first-order valence-electron chi connectivity index (χ1n) is 10.8. The second-order valence-corrected chi connectivity index (χ2v) is 9.89. The fourth-order valence-corrected chi connectivity index (χ4v) is 5.58. The van der Waals surface area contributed by atoms with Crippen LogP contribution in [0.15, 0.2) is 74.9 Å². The minimum Gasteiger partial charge on any atom is -0.451 e. The number of para-hydroxylation sites is 1. The molecule has 0 spiro atoms. The normalized spacial score (nSPS) is 14.3. The summed E-state index contributed by atoms with van der Waals surface area (Å²) in [5.74, 6) is 0.623. The number of nitro groups is 1. The summed E-state index contributed by atoms with van der Waals surface area (Å²) in [6, 6.07) is 17.6. The van der Waals surface area contributed by atoms with E-state index in [0.29, 0.717) is 30.3 Å². The Morgan fingerprint density at radius 2 is 1.91 bits per heavy atom. The summed E-state index contributed by atoms with van der Waals surface area (Å²) in [4.78, 5) is 30.5. The van der Waals surface area contributed by atoms with Crippen molar-refractivity contribution in [3.05, 3.63) is 91.4 Å². The van der Waals surface area contributed by atoms with Gasteiger partial charge in [-0.3, -0.25) is 14.9 Å². The van der Waals surface area contributed by atoms with Gasteiger partial charge in [-0.25, -0.2) is 4.98 Å². The van der Waals surface area contributed by atoms with Gasteiger partial charge in [-0.1, -0.05) is 40.2 Å². The first-order valence-corrected chi connectivity index (χ1v) is 12.5. The van der Waals surface area contributed by atoms with E-state index in [-0.39, 0.29) is 17.4 Å². The molecule has 4 aromatic rings. The van der Waals surface area contributed by atoms with Gasteiger partial charge in [-0.05, 0) is 43.2 Å². The van der Waals surface area contributed by atoms with Crippen molar-refractivity contribution < 1.29 is 14.1 Å². The Labute approximate surface area is 208 Å². The van der Waals surface area contributed by atoms with Crippen LogP contribution in [-0.4, -0.2) is 33.8 Å². The number of carbonyl (C=O) groups excluding carboxylic acids is 1. The second-order valence-electron chi connectivity index (χ2n) is 8.09. The summed E-state index contributed by atoms with van der Waals surface area (Å²) in [5, 5.41) is 14.5. The molecule has 0 N–H and O–H groups in total. The van der Waals surface area contributed by atoms with Crippen LogP contribution in [0.1, 0.15) is 34.3 Å². The number of hydrogen-bond donors (Lipinski definition) is 0. The monoisotopic (exact) mass is 537 g/mol. The number of carbonyl (C=O) groups is 1. The third-order valence-electron chi connectivity index (χ3n) is 5.96. The summed E-state index contributed by atoms with van der Waals surface area (Å²) in [5.41, 5.74) is 2.35. The zero-order chi connectivity index (χ0) is 23.7. The molecule has 34 heavy (non-hydrogen) atoms. The van der Waals surface area contributed by atoms with Crippen LogP contribution in [0.2, 0.25) is 0 Å². The number of aromatic nitrogens is 1. The van der Waals surface area contributed by atoms with Crippen LogP contribution in [0.5, 0.6) is 0 Å². The highest BCUT2D eigenvalue weighted by Crippen LogP contribution is 2.35. The van der Waals surface area contributed by atoms with Crippen LogP contribution in [0.4, 0.5) is 5.69 Å². The quantitative estimate of drug-likeness (QED) is 0.207. The number of furan rings is 1. The standard InChI is InChI=1S/C25H20BrN3O4S/c26-18-5-3-4-17(14-18)20-15-34-24(27-20)16-10-12-28(13-11-16)25(30)23-9-8-22(33-23)19-6-1-2-7-21(19)29(31)32/h1-9,14-16H,10-13H2. The smallest absolute Gasteiger partial charge is 0.289 e. The van der Waals surface area contributed by atoms with E-state index < -0.39 is 4.92 Å². The first kappa shape index (κ1) is 22.5. The predicted molar refractivity (Wildman–Crippen MR) is 134 cm³/mol. The van der Waals surface area contributed by atoms with Crippen LogP contribution in [0, 0.1) is 10.1 Å². The highest BCUT2D eigenvalue weighted by molar-refractivity contribution is 9.10. The van der Waals surface area contributed by atoms with E-state index in [1.165, 1.54) is 6.07 Å². The minimum absolute atomic E-state index is 0.0534. The lowest BCUT2D eigenvalue weighted by Crippen LogP contribution is -2.37. The van der Waals surface area contributed by atoms with E-state index in [4.69, 9.17) is 9.40 Å². The van der Waals surface area contributed by atoms with Crippen molar-refractivity contribution in [1.29, 1.82) is 0 Å². The van der Waals surface area contributed by atoms with Crippen molar-refractivity contribution >= 4 is 38.9 Å². The van der Waals surface area contributed by atoms with Crippen LogP contribution >= 0.6 is 27.3 Å². The fraction of sp³-hybridized carbons (Fsp3) is 0.200. The molecule has 1 saturated heterocycles. The molecule has 172 valence electrons. The van der Waals surface area contributed by atoms with Gasteiger partial charge in [0, 0.05) is 40.5 Å². The van der Waals surface area contributed by atoms with Crippen molar-refractivity contribution in [2.45, 2.75) is 18.8 Å². The molecule has 2 aromatic carbocycles.